The molecule has 0 heterocycles. The first kappa shape index (κ1) is 19.2. The Morgan fingerprint density at radius 2 is 1.56 bits per heavy atom. The van der Waals surface area contributed by atoms with E-state index in [0.717, 1.165) is 11.3 Å². The van der Waals surface area contributed by atoms with Crippen molar-refractivity contribution in [2.45, 2.75) is 33.3 Å². The van der Waals surface area contributed by atoms with Crippen molar-refractivity contribution in [2.75, 3.05) is 10.6 Å². The molecule has 0 saturated heterocycles. The molecule has 6 heteroatoms. The van der Waals surface area contributed by atoms with Gasteiger partial charge in [0.2, 0.25) is 11.8 Å². The molecule has 27 heavy (non-hydrogen) atoms. The van der Waals surface area contributed by atoms with Gasteiger partial charge in [-0.3, -0.25) is 9.59 Å². The van der Waals surface area contributed by atoms with Crippen LogP contribution in [0.3, 0.4) is 0 Å². The third kappa shape index (κ3) is 5.01. The summed E-state index contributed by atoms with van der Waals surface area (Å²) >= 11 is 6.08. The summed E-state index contributed by atoms with van der Waals surface area (Å²) in [5.74, 6) is -0.167. The highest BCUT2D eigenvalue weighted by Crippen LogP contribution is 2.40. The Morgan fingerprint density at radius 1 is 1.00 bits per heavy atom. The Bertz CT molecular complexity index is 849. The van der Waals surface area contributed by atoms with Crippen LogP contribution in [0.2, 0.25) is 5.02 Å². The Hall–Kier alpha value is -2.53. The number of amides is 2. The number of hydrogen-bond acceptors (Lipinski definition) is 3. The van der Waals surface area contributed by atoms with Gasteiger partial charge in [-0.2, -0.15) is 0 Å². The fourth-order valence-corrected chi connectivity index (χ4v) is 2.98. The molecule has 1 saturated carbocycles. The van der Waals surface area contributed by atoms with Crippen LogP contribution < -0.4 is 15.4 Å². The Labute approximate surface area is 164 Å². The normalized spacial score (nSPS) is 18.1. The summed E-state index contributed by atoms with van der Waals surface area (Å²) in [7, 11) is 0. The average Bonchev–Trinajstić information content (AvgIpc) is 3.40. The van der Waals surface area contributed by atoms with Gasteiger partial charge in [0.1, 0.15) is 5.75 Å². The molecule has 2 unspecified atom stereocenters. The maximum absolute atomic E-state index is 12.4. The molecule has 2 N–H and O–H groups in total. The van der Waals surface area contributed by atoms with E-state index in [0.29, 0.717) is 22.8 Å². The minimum absolute atomic E-state index is 0.0968. The van der Waals surface area contributed by atoms with E-state index in [1.165, 1.54) is 0 Å². The van der Waals surface area contributed by atoms with Gasteiger partial charge in [0.25, 0.3) is 0 Å². The molecule has 0 spiro atoms. The number of rotatable bonds is 6. The molecule has 0 radical (unpaired) electrons. The Kier molecular flexibility index (Phi) is 5.71. The summed E-state index contributed by atoms with van der Waals surface area (Å²) in [6, 6.07) is 12.6. The predicted molar refractivity (Wildman–Crippen MR) is 107 cm³/mol. The van der Waals surface area contributed by atoms with Crippen molar-refractivity contribution < 1.29 is 14.3 Å². The zero-order valence-electron chi connectivity index (χ0n) is 15.6. The number of carbonyl (C=O) groups excluding carboxylic acids is 2. The van der Waals surface area contributed by atoms with Gasteiger partial charge in [0.05, 0.1) is 17.9 Å². The number of anilines is 2. The summed E-state index contributed by atoms with van der Waals surface area (Å²) in [5.41, 5.74) is 2.28. The molecule has 2 amide bonds. The maximum Gasteiger partial charge on any atom is 0.228 e. The van der Waals surface area contributed by atoms with Gasteiger partial charge in [-0.15, -0.1) is 0 Å². The molecule has 2 aromatic carbocycles. The molecule has 1 aliphatic carbocycles. The molecule has 2 atom stereocenters. The van der Waals surface area contributed by atoms with Gasteiger partial charge in [0, 0.05) is 16.4 Å². The van der Waals surface area contributed by atoms with Crippen LogP contribution in [0, 0.1) is 18.8 Å². The quantitative estimate of drug-likeness (QED) is 0.759. The Morgan fingerprint density at radius 3 is 2.11 bits per heavy atom. The van der Waals surface area contributed by atoms with Gasteiger partial charge < -0.3 is 15.4 Å². The number of hydrogen-bond donors (Lipinski definition) is 2. The first-order valence-corrected chi connectivity index (χ1v) is 9.36. The zero-order chi connectivity index (χ0) is 19.6. The highest BCUT2D eigenvalue weighted by Gasteiger charge is 2.48. The standard InChI is InChI=1S/C21H23ClN2O3/c1-12(2)27-16-8-6-14(7-9-16)23-20(25)17-11-18(17)21(26)24-15-5-4-13(3)19(22)10-15/h4-10,12,17-18H,11H2,1-3H3,(H,23,25)(H,24,26). The molecule has 1 aliphatic rings. The molecule has 0 aromatic heterocycles. The second-order valence-corrected chi connectivity index (χ2v) is 7.49. The first-order chi connectivity index (χ1) is 12.8. The third-order valence-corrected chi connectivity index (χ3v) is 4.80. The van der Waals surface area contributed by atoms with Crippen molar-refractivity contribution in [3.63, 3.8) is 0 Å². The fourth-order valence-electron chi connectivity index (χ4n) is 2.80. The molecule has 5 nitrogen and oxygen atoms in total. The van der Waals surface area contributed by atoms with Crippen molar-refractivity contribution in [1.82, 2.24) is 0 Å². The van der Waals surface area contributed by atoms with Crippen LogP contribution in [0.4, 0.5) is 11.4 Å². The van der Waals surface area contributed by atoms with E-state index < -0.39 is 0 Å². The van der Waals surface area contributed by atoms with Gasteiger partial charge >= 0.3 is 0 Å². The van der Waals surface area contributed by atoms with E-state index >= 15 is 0 Å². The summed E-state index contributed by atoms with van der Waals surface area (Å²) in [6.07, 6.45) is 0.644. The van der Waals surface area contributed by atoms with Crippen LogP contribution in [0.1, 0.15) is 25.8 Å². The van der Waals surface area contributed by atoms with E-state index in [2.05, 4.69) is 10.6 Å². The molecular formula is C21H23ClN2O3. The number of ether oxygens (including phenoxy) is 1. The molecule has 142 valence electrons. The van der Waals surface area contributed by atoms with Crippen molar-refractivity contribution in [1.29, 1.82) is 0 Å². The smallest absolute Gasteiger partial charge is 0.228 e. The van der Waals surface area contributed by atoms with Crippen LogP contribution in [0.25, 0.3) is 0 Å². The van der Waals surface area contributed by atoms with Crippen LogP contribution in [0.15, 0.2) is 42.5 Å². The topological polar surface area (TPSA) is 67.4 Å². The second-order valence-electron chi connectivity index (χ2n) is 7.08. The summed E-state index contributed by atoms with van der Waals surface area (Å²) in [5, 5.41) is 6.28. The summed E-state index contributed by atoms with van der Waals surface area (Å²) < 4.78 is 5.58. The van der Waals surface area contributed by atoms with Crippen molar-refractivity contribution in [3.8, 4) is 5.75 Å². The van der Waals surface area contributed by atoms with Crippen molar-refractivity contribution in [3.05, 3.63) is 53.1 Å². The number of benzene rings is 2. The van der Waals surface area contributed by atoms with E-state index in [4.69, 9.17) is 16.3 Å². The molecule has 0 aliphatic heterocycles. The largest absolute Gasteiger partial charge is 0.491 e. The minimum Gasteiger partial charge on any atom is -0.491 e. The number of aryl methyl sites for hydroxylation is 1. The molecule has 2 aromatic rings. The highest BCUT2D eigenvalue weighted by atomic mass is 35.5. The van der Waals surface area contributed by atoms with Gasteiger partial charge in [0.15, 0.2) is 0 Å². The maximum atomic E-state index is 12.4. The molecular weight excluding hydrogens is 364 g/mol. The van der Waals surface area contributed by atoms with Crippen LogP contribution in [0.5, 0.6) is 5.75 Å². The molecule has 0 bridgehead atoms. The van der Waals surface area contributed by atoms with Crippen LogP contribution in [-0.2, 0) is 9.59 Å². The first-order valence-electron chi connectivity index (χ1n) is 8.98. The number of nitrogens with one attached hydrogen (secondary N) is 2. The SMILES string of the molecule is Cc1ccc(NC(=O)C2CC2C(=O)Nc2ccc(OC(C)C)cc2)cc1Cl. The highest BCUT2D eigenvalue weighted by molar-refractivity contribution is 6.31. The lowest BCUT2D eigenvalue weighted by Crippen LogP contribution is -2.20. The number of carbonyl (C=O) groups is 2. The summed E-state index contributed by atoms with van der Waals surface area (Å²) in [4.78, 5) is 24.7. The van der Waals surface area contributed by atoms with Gasteiger partial charge in [-0.25, -0.2) is 0 Å². The van der Waals surface area contributed by atoms with Crippen molar-refractivity contribution >= 4 is 34.8 Å². The lowest BCUT2D eigenvalue weighted by Gasteiger charge is -2.10. The fraction of sp³-hybridized carbons (Fsp3) is 0.333. The molecule has 1 fully saturated rings. The lowest BCUT2D eigenvalue weighted by atomic mass is 10.2. The second kappa shape index (κ2) is 8.01. The number of halogens is 1. The van der Waals surface area contributed by atoms with E-state index in [-0.39, 0.29) is 29.8 Å². The average molecular weight is 387 g/mol. The zero-order valence-corrected chi connectivity index (χ0v) is 16.3. The van der Waals surface area contributed by atoms with Gasteiger partial charge in [-0.05, 0) is 69.2 Å². The van der Waals surface area contributed by atoms with E-state index in [1.807, 2.05) is 39.0 Å². The monoisotopic (exact) mass is 386 g/mol. The van der Waals surface area contributed by atoms with Crippen LogP contribution in [-0.4, -0.2) is 17.9 Å². The van der Waals surface area contributed by atoms with E-state index in [9.17, 15) is 9.59 Å². The minimum atomic E-state index is -0.311. The van der Waals surface area contributed by atoms with Gasteiger partial charge in [-0.1, -0.05) is 17.7 Å². The van der Waals surface area contributed by atoms with Crippen LogP contribution >= 0.6 is 11.6 Å². The predicted octanol–water partition coefficient (Wildman–Crippen LogP) is 4.65. The lowest BCUT2D eigenvalue weighted by molar-refractivity contribution is -0.122. The van der Waals surface area contributed by atoms with Crippen molar-refractivity contribution in [2.24, 2.45) is 11.8 Å². The summed E-state index contributed by atoms with van der Waals surface area (Å²) in [6.45, 7) is 5.81. The van der Waals surface area contributed by atoms with E-state index in [1.54, 1.807) is 24.3 Å². The molecule has 3 rings (SSSR count). The third-order valence-electron chi connectivity index (χ3n) is 4.40. The Balaban J connectivity index is 1.52.